The third-order valence-electron chi connectivity index (χ3n) is 3.19. The average Bonchev–Trinajstić information content (AvgIpc) is 2.56. The van der Waals surface area contributed by atoms with Crippen molar-refractivity contribution in [3.8, 4) is 17.0 Å². The zero-order chi connectivity index (χ0) is 18.4. The summed E-state index contributed by atoms with van der Waals surface area (Å²) in [5, 5.41) is 5.81. The van der Waals surface area contributed by atoms with Gasteiger partial charge in [-0.15, -0.1) is 0 Å². The summed E-state index contributed by atoms with van der Waals surface area (Å²) in [5.74, 6) is -1.36. The molecule has 0 fully saturated rings. The zero-order valence-corrected chi connectivity index (χ0v) is 13.3. The van der Waals surface area contributed by atoms with Crippen molar-refractivity contribution in [3.63, 3.8) is 0 Å². The molecular formula is C16H16F3N3O3. The van der Waals surface area contributed by atoms with E-state index < -0.39 is 17.6 Å². The largest absolute Gasteiger partial charge is 0.494 e. The topological polar surface area (TPSA) is 73.2 Å². The van der Waals surface area contributed by atoms with Crippen molar-refractivity contribution in [2.75, 3.05) is 13.2 Å². The number of ether oxygens (including phenoxy) is 1. The minimum Gasteiger partial charge on any atom is -0.494 e. The van der Waals surface area contributed by atoms with E-state index in [4.69, 9.17) is 4.74 Å². The van der Waals surface area contributed by atoms with Crippen LogP contribution in [0.2, 0.25) is 0 Å². The maximum Gasteiger partial charge on any atom is 0.471 e. The van der Waals surface area contributed by atoms with Crippen LogP contribution in [0.4, 0.5) is 13.2 Å². The first-order chi connectivity index (χ1) is 11.8. The van der Waals surface area contributed by atoms with Gasteiger partial charge >= 0.3 is 12.1 Å². The highest BCUT2D eigenvalue weighted by Crippen LogP contribution is 2.19. The Morgan fingerprint density at radius 2 is 1.88 bits per heavy atom. The van der Waals surface area contributed by atoms with Crippen molar-refractivity contribution in [2.24, 2.45) is 0 Å². The Morgan fingerprint density at radius 1 is 1.20 bits per heavy atom. The van der Waals surface area contributed by atoms with Crippen molar-refractivity contribution < 1.29 is 22.7 Å². The molecule has 0 saturated carbocycles. The Balaban J connectivity index is 2.09. The second-order valence-corrected chi connectivity index (χ2v) is 4.99. The number of nitrogens with one attached hydrogen (secondary N) is 1. The number of hydrogen-bond donors (Lipinski definition) is 1. The predicted octanol–water partition coefficient (Wildman–Crippen LogP) is 1.99. The van der Waals surface area contributed by atoms with Crippen molar-refractivity contribution in [3.05, 3.63) is 46.8 Å². The van der Waals surface area contributed by atoms with Crippen molar-refractivity contribution in [2.45, 2.75) is 19.6 Å². The quantitative estimate of drug-likeness (QED) is 0.860. The molecule has 0 unspecified atom stereocenters. The van der Waals surface area contributed by atoms with Crippen LogP contribution in [0, 0.1) is 0 Å². The molecule has 0 atom stereocenters. The molecule has 0 radical (unpaired) electrons. The van der Waals surface area contributed by atoms with E-state index >= 15 is 0 Å². The van der Waals surface area contributed by atoms with Gasteiger partial charge in [-0.2, -0.15) is 18.3 Å². The lowest BCUT2D eigenvalue weighted by atomic mass is 10.1. The summed E-state index contributed by atoms with van der Waals surface area (Å²) in [5.41, 5.74) is 0.720. The maximum absolute atomic E-state index is 12.1. The van der Waals surface area contributed by atoms with E-state index in [0.717, 1.165) is 10.2 Å². The molecule has 2 aromatic rings. The minimum atomic E-state index is -4.96. The number of aromatic nitrogens is 2. The second kappa shape index (κ2) is 7.82. The number of carbonyl (C=O) groups excluding carboxylic acids is 1. The molecule has 2 rings (SSSR count). The molecule has 134 valence electrons. The molecule has 0 aliphatic carbocycles. The molecule has 0 aliphatic rings. The van der Waals surface area contributed by atoms with Crippen LogP contribution in [0.5, 0.6) is 5.75 Å². The number of nitrogens with zero attached hydrogens (tertiary/aromatic N) is 2. The Bertz CT molecular complexity index is 786. The van der Waals surface area contributed by atoms with Crippen molar-refractivity contribution in [1.82, 2.24) is 15.1 Å². The Hall–Kier alpha value is -2.84. The summed E-state index contributed by atoms with van der Waals surface area (Å²) in [7, 11) is 0. The van der Waals surface area contributed by atoms with Gasteiger partial charge in [0.25, 0.3) is 5.56 Å². The summed E-state index contributed by atoms with van der Waals surface area (Å²) in [6.45, 7) is 1.86. The summed E-state index contributed by atoms with van der Waals surface area (Å²) in [4.78, 5) is 22.5. The van der Waals surface area contributed by atoms with Gasteiger partial charge in [0.05, 0.1) is 18.8 Å². The number of benzene rings is 1. The standard InChI is InChI=1S/C16H16F3N3O3/c1-2-25-12-5-3-11(4-6-12)13-7-8-14(23)22(21-13)10-9-20-15(24)16(17,18)19/h3-8H,2,9-10H2,1H3,(H,20,24). The van der Waals surface area contributed by atoms with Gasteiger partial charge in [-0.1, -0.05) is 0 Å². The maximum atomic E-state index is 12.1. The van der Waals surface area contributed by atoms with E-state index in [1.165, 1.54) is 12.1 Å². The number of carbonyl (C=O) groups is 1. The van der Waals surface area contributed by atoms with E-state index in [1.54, 1.807) is 29.6 Å². The molecular weight excluding hydrogens is 339 g/mol. The molecule has 1 amide bonds. The van der Waals surface area contributed by atoms with E-state index in [2.05, 4.69) is 5.10 Å². The highest BCUT2D eigenvalue weighted by atomic mass is 19.4. The van der Waals surface area contributed by atoms with E-state index in [-0.39, 0.29) is 13.1 Å². The van der Waals surface area contributed by atoms with Crippen LogP contribution in [-0.4, -0.2) is 35.0 Å². The SMILES string of the molecule is CCOc1ccc(-c2ccc(=O)n(CCNC(=O)C(F)(F)F)n2)cc1. The van der Waals surface area contributed by atoms with E-state index in [9.17, 15) is 22.8 Å². The van der Waals surface area contributed by atoms with Crippen LogP contribution >= 0.6 is 0 Å². The monoisotopic (exact) mass is 355 g/mol. The highest BCUT2D eigenvalue weighted by Gasteiger charge is 2.38. The summed E-state index contributed by atoms with van der Waals surface area (Å²) in [6.07, 6.45) is -4.96. The van der Waals surface area contributed by atoms with Gasteiger partial charge in [0.1, 0.15) is 5.75 Å². The third-order valence-corrected chi connectivity index (χ3v) is 3.19. The molecule has 1 aromatic heterocycles. The molecule has 0 bridgehead atoms. The predicted molar refractivity (Wildman–Crippen MR) is 84.2 cm³/mol. The fourth-order valence-electron chi connectivity index (χ4n) is 2.03. The van der Waals surface area contributed by atoms with Gasteiger partial charge in [-0.05, 0) is 37.3 Å². The lowest BCUT2D eigenvalue weighted by Gasteiger charge is -2.10. The van der Waals surface area contributed by atoms with E-state index in [1.807, 2.05) is 6.92 Å². The van der Waals surface area contributed by atoms with Crippen molar-refractivity contribution >= 4 is 5.91 Å². The van der Waals surface area contributed by atoms with Gasteiger partial charge in [-0.3, -0.25) is 9.59 Å². The summed E-state index contributed by atoms with van der Waals surface area (Å²) in [6, 6.07) is 9.80. The van der Waals surface area contributed by atoms with Crippen LogP contribution in [0.1, 0.15) is 6.92 Å². The van der Waals surface area contributed by atoms with Crippen LogP contribution in [0.3, 0.4) is 0 Å². The first-order valence-electron chi connectivity index (χ1n) is 7.47. The van der Waals surface area contributed by atoms with E-state index in [0.29, 0.717) is 18.1 Å². The molecule has 0 aliphatic heterocycles. The molecule has 1 N–H and O–H groups in total. The molecule has 0 saturated heterocycles. The van der Waals surface area contributed by atoms with Crippen LogP contribution in [0.15, 0.2) is 41.2 Å². The third kappa shape index (κ3) is 5.07. The number of rotatable bonds is 6. The Morgan fingerprint density at radius 3 is 2.48 bits per heavy atom. The first kappa shape index (κ1) is 18.5. The number of halogens is 3. The molecule has 6 nitrogen and oxygen atoms in total. The molecule has 25 heavy (non-hydrogen) atoms. The molecule has 1 heterocycles. The molecule has 0 spiro atoms. The highest BCUT2D eigenvalue weighted by molar-refractivity contribution is 5.81. The van der Waals surface area contributed by atoms with Crippen molar-refractivity contribution in [1.29, 1.82) is 0 Å². The van der Waals surface area contributed by atoms with Gasteiger partial charge < -0.3 is 10.1 Å². The average molecular weight is 355 g/mol. The minimum absolute atomic E-state index is 0.175. The summed E-state index contributed by atoms with van der Waals surface area (Å²) >= 11 is 0. The lowest BCUT2D eigenvalue weighted by molar-refractivity contribution is -0.173. The Kier molecular flexibility index (Phi) is 5.79. The Labute approximate surface area is 141 Å². The lowest BCUT2D eigenvalue weighted by Crippen LogP contribution is -2.39. The zero-order valence-electron chi connectivity index (χ0n) is 13.3. The van der Waals surface area contributed by atoms with Gasteiger partial charge in [0.2, 0.25) is 0 Å². The molecule has 1 aromatic carbocycles. The van der Waals surface area contributed by atoms with Gasteiger partial charge in [0, 0.05) is 18.2 Å². The number of amides is 1. The normalized spacial score (nSPS) is 11.2. The van der Waals surface area contributed by atoms with Gasteiger partial charge in [-0.25, -0.2) is 4.68 Å². The molecule has 9 heteroatoms. The van der Waals surface area contributed by atoms with Gasteiger partial charge in [0.15, 0.2) is 0 Å². The van der Waals surface area contributed by atoms with Crippen LogP contribution in [0.25, 0.3) is 11.3 Å². The number of hydrogen-bond acceptors (Lipinski definition) is 4. The summed E-state index contributed by atoms with van der Waals surface area (Å²) < 4.78 is 42.7. The smallest absolute Gasteiger partial charge is 0.471 e. The second-order valence-electron chi connectivity index (χ2n) is 4.99. The number of alkyl halides is 3. The van der Waals surface area contributed by atoms with Crippen LogP contribution in [-0.2, 0) is 11.3 Å². The van der Waals surface area contributed by atoms with Crippen LogP contribution < -0.4 is 15.6 Å². The fourth-order valence-corrected chi connectivity index (χ4v) is 2.03. The first-order valence-corrected chi connectivity index (χ1v) is 7.47. The fraction of sp³-hybridized carbons (Fsp3) is 0.312.